The van der Waals surface area contributed by atoms with Crippen molar-refractivity contribution in [3.63, 3.8) is 0 Å². The molecule has 0 aliphatic carbocycles. The van der Waals surface area contributed by atoms with Gasteiger partial charge in [0.05, 0.1) is 16.3 Å². The van der Waals surface area contributed by atoms with Gasteiger partial charge in [0.15, 0.2) is 0 Å². The van der Waals surface area contributed by atoms with Crippen LogP contribution in [0.4, 0.5) is 0 Å². The van der Waals surface area contributed by atoms with Crippen molar-refractivity contribution in [1.82, 2.24) is 10.4 Å². The molecule has 0 saturated heterocycles. The molecule has 2 atom stereocenters. The molecule has 4 nitrogen and oxygen atoms in total. The van der Waals surface area contributed by atoms with Crippen LogP contribution >= 0.6 is 11.3 Å². The van der Waals surface area contributed by atoms with Crippen LogP contribution < -0.4 is 11.3 Å². The Kier molecular flexibility index (Phi) is 4.66. The monoisotopic (exact) mass is 265 g/mol. The average Bonchev–Trinajstić information content (AvgIpc) is 2.84. The van der Waals surface area contributed by atoms with Crippen LogP contribution in [0.15, 0.2) is 23.7 Å². The Hall–Kier alpha value is -1.01. The average molecular weight is 265 g/mol. The lowest BCUT2D eigenvalue weighted by Crippen LogP contribution is -2.33. The van der Waals surface area contributed by atoms with Gasteiger partial charge in [-0.05, 0) is 35.4 Å². The summed E-state index contributed by atoms with van der Waals surface area (Å²) in [6, 6.07) is 4.31. The number of nitrogens with two attached hydrogens (primary N) is 1. The molecule has 0 spiro atoms. The number of thiophene rings is 1. The number of hydrogen-bond acceptors (Lipinski definition) is 5. The fraction of sp³-hybridized carbons (Fsp3) is 0.462. The first-order chi connectivity index (χ1) is 8.76. The van der Waals surface area contributed by atoms with Gasteiger partial charge < -0.3 is 4.74 Å². The van der Waals surface area contributed by atoms with Crippen LogP contribution in [0.3, 0.4) is 0 Å². The number of nitrogens with zero attached hydrogens (tertiary/aromatic N) is 1. The SMILES string of the molecule is COCCC(C)C(NN)c1cnc2ccsc2c1. The highest BCUT2D eigenvalue weighted by atomic mass is 32.1. The molecule has 0 amide bonds. The number of nitrogens with one attached hydrogen (secondary N) is 1. The Morgan fingerprint density at radius 1 is 1.56 bits per heavy atom. The summed E-state index contributed by atoms with van der Waals surface area (Å²) in [5.74, 6) is 6.08. The summed E-state index contributed by atoms with van der Waals surface area (Å²) in [6.45, 7) is 2.91. The Labute approximate surface area is 111 Å². The van der Waals surface area contributed by atoms with E-state index in [0.717, 1.165) is 24.1 Å². The zero-order valence-electron chi connectivity index (χ0n) is 10.7. The highest BCUT2D eigenvalue weighted by Crippen LogP contribution is 2.27. The normalized spacial score (nSPS) is 14.8. The number of rotatable bonds is 6. The molecule has 0 aliphatic rings. The highest BCUT2D eigenvalue weighted by Gasteiger charge is 2.18. The fourth-order valence-electron chi connectivity index (χ4n) is 2.09. The van der Waals surface area contributed by atoms with Crippen molar-refractivity contribution in [2.24, 2.45) is 11.8 Å². The van der Waals surface area contributed by atoms with Crippen molar-refractivity contribution in [2.75, 3.05) is 13.7 Å². The van der Waals surface area contributed by atoms with Crippen LogP contribution in [0.25, 0.3) is 10.2 Å². The molecule has 0 aromatic carbocycles. The lowest BCUT2D eigenvalue weighted by atomic mass is 9.93. The number of hydrogen-bond donors (Lipinski definition) is 2. The summed E-state index contributed by atoms with van der Waals surface area (Å²) in [5.41, 5.74) is 5.07. The predicted molar refractivity (Wildman–Crippen MR) is 75.3 cm³/mol. The van der Waals surface area contributed by atoms with Crippen LogP contribution in [0.1, 0.15) is 24.9 Å². The van der Waals surface area contributed by atoms with E-state index in [4.69, 9.17) is 10.6 Å². The quantitative estimate of drug-likeness (QED) is 0.622. The van der Waals surface area contributed by atoms with Gasteiger partial charge in [-0.2, -0.15) is 0 Å². The van der Waals surface area contributed by atoms with Crippen molar-refractivity contribution in [2.45, 2.75) is 19.4 Å². The highest BCUT2D eigenvalue weighted by molar-refractivity contribution is 7.17. The van der Waals surface area contributed by atoms with E-state index in [1.165, 1.54) is 4.70 Å². The first-order valence-corrected chi connectivity index (χ1v) is 6.92. The van der Waals surface area contributed by atoms with E-state index < -0.39 is 0 Å². The third-order valence-corrected chi connectivity index (χ3v) is 4.06. The van der Waals surface area contributed by atoms with Crippen molar-refractivity contribution in [3.05, 3.63) is 29.3 Å². The van der Waals surface area contributed by atoms with Gasteiger partial charge in [-0.1, -0.05) is 6.92 Å². The first-order valence-electron chi connectivity index (χ1n) is 6.04. The van der Waals surface area contributed by atoms with Gasteiger partial charge in [0.1, 0.15) is 0 Å². The number of methoxy groups -OCH3 is 1. The van der Waals surface area contributed by atoms with E-state index in [0.29, 0.717) is 5.92 Å². The molecule has 2 aromatic heterocycles. The maximum absolute atomic E-state index is 5.68. The Balaban J connectivity index is 2.20. The number of pyridine rings is 1. The second-order valence-electron chi connectivity index (χ2n) is 4.48. The molecule has 0 radical (unpaired) electrons. The largest absolute Gasteiger partial charge is 0.385 e. The van der Waals surface area contributed by atoms with Crippen LogP contribution in [-0.2, 0) is 4.74 Å². The van der Waals surface area contributed by atoms with Gasteiger partial charge in [-0.3, -0.25) is 16.3 Å². The lowest BCUT2D eigenvalue weighted by Gasteiger charge is -2.23. The molecule has 0 bridgehead atoms. The van der Waals surface area contributed by atoms with Gasteiger partial charge in [0, 0.05) is 19.9 Å². The minimum atomic E-state index is 0.110. The standard InChI is InChI=1S/C13H19N3OS/c1-9(3-5-17-2)13(16-14)10-7-12-11(15-8-10)4-6-18-12/h4,6-9,13,16H,3,5,14H2,1-2H3. The molecule has 0 aliphatic heterocycles. The Morgan fingerprint density at radius 2 is 2.39 bits per heavy atom. The van der Waals surface area contributed by atoms with Crippen LogP contribution in [0, 0.1) is 5.92 Å². The van der Waals surface area contributed by atoms with Gasteiger partial charge in [-0.25, -0.2) is 0 Å². The minimum absolute atomic E-state index is 0.110. The summed E-state index contributed by atoms with van der Waals surface area (Å²) >= 11 is 1.70. The molecule has 2 unspecified atom stereocenters. The summed E-state index contributed by atoms with van der Waals surface area (Å²) in [6.07, 6.45) is 2.87. The van der Waals surface area contributed by atoms with E-state index in [1.54, 1.807) is 18.4 Å². The van der Waals surface area contributed by atoms with Crippen LogP contribution in [0.5, 0.6) is 0 Å². The molecule has 3 N–H and O–H groups in total. The molecular formula is C13H19N3OS. The number of aromatic nitrogens is 1. The molecular weight excluding hydrogens is 246 g/mol. The molecule has 2 rings (SSSR count). The van der Waals surface area contributed by atoms with E-state index >= 15 is 0 Å². The Bertz CT molecular complexity index is 500. The second-order valence-corrected chi connectivity index (χ2v) is 5.42. The molecule has 18 heavy (non-hydrogen) atoms. The summed E-state index contributed by atoms with van der Waals surface area (Å²) < 4.78 is 6.32. The Morgan fingerprint density at radius 3 is 3.11 bits per heavy atom. The molecule has 2 aromatic rings. The zero-order valence-corrected chi connectivity index (χ0v) is 11.5. The molecule has 0 fully saturated rings. The lowest BCUT2D eigenvalue weighted by molar-refractivity contribution is 0.170. The molecule has 5 heteroatoms. The zero-order chi connectivity index (χ0) is 13.0. The van der Waals surface area contributed by atoms with Crippen LogP contribution in [-0.4, -0.2) is 18.7 Å². The van der Waals surface area contributed by atoms with Crippen molar-refractivity contribution < 1.29 is 4.74 Å². The fourth-order valence-corrected chi connectivity index (χ4v) is 2.88. The summed E-state index contributed by atoms with van der Waals surface area (Å²) in [4.78, 5) is 4.46. The van der Waals surface area contributed by atoms with Gasteiger partial charge in [0.25, 0.3) is 0 Å². The van der Waals surface area contributed by atoms with E-state index in [1.807, 2.05) is 12.3 Å². The maximum atomic E-state index is 5.68. The minimum Gasteiger partial charge on any atom is -0.385 e. The van der Waals surface area contributed by atoms with Crippen molar-refractivity contribution >= 4 is 21.6 Å². The molecule has 98 valence electrons. The summed E-state index contributed by atoms with van der Waals surface area (Å²) in [5, 5.41) is 2.06. The van der Waals surface area contributed by atoms with E-state index in [-0.39, 0.29) is 6.04 Å². The van der Waals surface area contributed by atoms with E-state index in [9.17, 15) is 0 Å². The smallest absolute Gasteiger partial charge is 0.0809 e. The number of fused-ring (bicyclic) bond motifs is 1. The van der Waals surface area contributed by atoms with Gasteiger partial charge >= 0.3 is 0 Å². The van der Waals surface area contributed by atoms with Gasteiger partial charge in [-0.15, -0.1) is 11.3 Å². The van der Waals surface area contributed by atoms with Crippen molar-refractivity contribution in [1.29, 1.82) is 0 Å². The first kappa shape index (κ1) is 13.4. The molecule has 2 heterocycles. The second kappa shape index (κ2) is 6.24. The third-order valence-electron chi connectivity index (χ3n) is 3.21. The molecule has 0 saturated carbocycles. The van der Waals surface area contributed by atoms with E-state index in [2.05, 4.69) is 28.8 Å². The van der Waals surface area contributed by atoms with Crippen molar-refractivity contribution in [3.8, 4) is 0 Å². The number of ether oxygens (including phenoxy) is 1. The topological polar surface area (TPSA) is 60.2 Å². The van der Waals surface area contributed by atoms with Crippen LogP contribution in [0.2, 0.25) is 0 Å². The van der Waals surface area contributed by atoms with Gasteiger partial charge in [0.2, 0.25) is 0 Å². The third kappa shape index (κ3) is 2.87. The maximum Gasteiger partial charge on any atom is 0.0809 e. The summed E-state index contributed by atoms with van der Waals surface area (Å²) in [7, 11) is 1.72. The predicted octanol–water partition coefficient (Wildman–Crippen LogP) is 2.47. The number of hydrazine groups is 1.